The number of benzene rings is 1. The molecule has 1 aromatic carbocycles. The smallest absolute Gasteiger partial charge is 0.225 e. The van der Waals surface area contributed by atoms with Gasteiger partial charge in [0, 0.05) is 12.5 Å². The van der Waals surface area contributed by atoms with Crippen LogP contribution in [0.4, 0.5) is 5.69 Å². The van der Waals surface area contributed by atoms with E-state index in [1.165, 1.54) is 7.11 Å². The molecule has 3 N–H and O–H groups in total. The average molecular weight is 273 g/mol. The van der Waals surface area contributed by atoms with Gasteiger partial charge in [0.25, 0.3) is 0 Å². The van der Waals surface area contributed by atoms with Gasteiger partial charge in [0.2, 0.25) is 5.91 Å². The van der Waals surface area contributed by atoms with Crippen LogP contribution < -0.4 is 15.8 Å². The van der Waals surface area contributed by atoms with Gasteiger partial charge in [-0.3, -0.25) is 4.79 Å². The van der Waals surface area contributed by atoms with E-state index in [-0.39, 0.29) is 11.3 Å². The molecular formula is C15H19N3O2. The van der Waals surface area contributed by atoms with E-state index in [0.717, 1.165) is 19.3 Å². The standard InChI is InChI=1S/C15H19N3O2/c1-20-13-7-11(9-16)3-4-12(13)18-14(19)8-15(10-17)5-2-6-15/h3-4,7H,2,5-6,8,10,17H2,1H3,(H,18,19). The monoisotopic (exact) mass is 273 g/mol. The lowest BCUT2D eigenvalue weighted by Gasteiger charge is -2.40. The topological polar surface area (TPSA) is 88.1 Å². The van der Waals surface area contributed by atoms with Crippen LogP contribution in [0, 0.1) is 16.7 Å². The molecule has 0 heterocycles. The summed E-state index contributed by atoms with van der Waals surface area (Å²) in [5.74, 6) is 0.436. The third-order valence-electron chi connectivity index (χ3n) is 3.99. The number of methoxy groups -OCH3 is 1. The Morgan fingerprint density at radius 2 is 2.30 bits per heavy atom. The number of ether oxygens (including phenoxy) is 1. The van der Waals surface area contributed by atoms with Gasteiger partial charge in [0.15, 0.2) is 0 Å². The zero-order valence-corrected chi connectivity index (χ0v) is 11.6. The molecule has 2 rings (SSSR count). The van der Waals surface area contributed by atoms with Crippen LogP contribution in [0.1, 0.15) is 31.2 Å². The Hall–Kier alpha value is -2.06. The lowest BCUT2D eigenvalue weighted by atomic mass is 9.66. The van der Waals surface area contributed by atoms with Crippen molar-refractivity contribution in [2.45, 2.75) is 25.7 Å². The predicted molar refractivity (Wildman–Crippen MR) is 76.3 cm³/mol. The van der Waals surface area contributed by atoms with Crippen molar-refractivity contribution in [3.63, 3.8) is 0 Å². The number of carbonyl (C=O) groups excluding carboxylic acids is 1. The van der Waals surface area contributed by atoms with Crippen molar-refractivity contribution in [3.05, 3.63) is 23.8 Å². The minimum atomic E-state index is -0.0573. The van der Waals surface area contributed by atoms with Gasteiger partial charge in [0.1, 0.15) is 5.75 Å². The number of nitrogens with two attached hydrogens (primary N) is 1. The SMILES string of the molecule is COc1cc(C#N)ccc1NC(=O)CC1(CN)CCC1. The highest BCUT2D eigenvalue weighted by Gasteiger charge is 2.37. The number of amides is 1. The molecule has 20 heavy (non-hydrogen) atoms. The third-order valence-corrected chi connectivity index (χ3v) is 3.99. The summed E-state index contributed by atoms with van der Waals surface area (Å²) in [7, 11) is 1.51. The Balaban J connectivity index is 2.06. The van der Waals surface area contributed by atoms with E-state index < -0.39 is 0 Å². The van der Waals surface area contributed by atoms with Gasteiger partial charge in [-0.15, -0.1) is 0 Å². The van der Waals surface area contributed by atoms with E-state index in [4.69, 9.17) is 15.7 Å². The summed E-state index contributed by atoms with van der Waals surface area (Å²) < 4.78 is 5.19. The Labute approximate surface area is 118 Å². The fourth-order valence-electron chi connectivity index (χ4n) is 2.53. The number of nitriles is 1. The van der Waals surface area contributed by atoms with Crippen molar-refractivity contribution in [3.8, 4) is 11.8 Å². The highest BCUT2D eigenvalue weighted by atomic mass is 16.5. The number of hydrogen-bond donors (Lipinski definition) is 2. The van der Waals surface area contributed by atoms with Crippen LogP contribution in [0.15, 0.2) is 18.2 Å². The van der Waals surface area contributed by atoms with Crippen LogP contribution in [0.5, 0.6) is 5.75 Å². The molecule has 0 atom stereocenters. The van der Waals surface area contributed by atoms with Crippen LogP contribution in [-0.4, -0.2) is 19.6 Å². The maximum absolute atomic E-state index is 12.1. The van der Waals surface area contributed by atoms with Crippen LogP contribution in [0.25, 0.3) is 0 Å². The molecule has 5 nitrogen and oxygen atoms in total. The maximum atomic E-state index is 12.1. The summed E-state index contributed by atoms with van der Waals surface area (Å²) in [6.07, 6.45) is 3.61. The minimum Gasteiger partial charge on any atom is -0.495 e. The van der Waals surface area contributed by atoms with E-state index in [1.807, 2.05) is 6.07 Å². The number of carbonyl (C=O) groups is 1. The third kappa shape index (κ3) is 2.91. The van der Waals surface area contributed by atoms with Crippen molar-refractivity contribution in [2.24, 2.45) is 11.1 Å². The van der Waals surface area contributed by atoms with E-state index in [0.29, 0.717) is 30.0 Å². The van der Waals surface area contributed by atoms with Crippen LogP contribution in [-0.2, 0) is 4.79 Å². The van der Waals surface area contributed by atoms with E-state index in [1.54, 1.807) is 18.2 Å². The molecule has 1 fully saturated rings. The molecule has 1 saturated carbocycles. The van der Waals surface area contributed by atoms with E-state index >= 15 is 0 Å². The van der Waals surface area contributed by atoms with Crippen LogP contribution >= 0.6 is 0 Å². The highest BCUT2D eigenvalue weighted by molar-refractivity contribution is 5.92. The van der Waals surface area contributed by atoms with E-state index in [9.17, 15) is 4.79 Å². The Morgan fingerprint density at radius 3 is 2.80 bits per heavy atom. The maximum Gasteiger partial charge on any atom is 0.225 e. The number of rotatable bonds is 5. The molecule has 1 aliphatic carbocycles. The van der Waals surface area contributed by atoms with Crippen molar-refractivity contribution < 1.29 is 9.53 Å². The van der Waals surface area contributed by atoms with Gasteiger partial charge in [-0.1, -0.05) is 6.42 Å². The van der Waals surface area contributed by atoms with Gasteiger partial charge in [-0.2, -0.15) is 5.26 Å². The first kappa shape index (κ1) is 14.4. The molecule has 0 bridgehead atoms. The first-order valence-corrected chi connectivity index (χ1v) is 6.70. The second-order valence-electron chi connectivity index (χ2n) is 5.31. The molecule has 1 aromatic rings. The first-order valence-electron chi connectivity index (χ1n) is 6.70. The van der Waals surface area contributed by atoms with Gasteiger partial charge < -0.3 is 15.8 Å². The van der Waals surface area contributed by atoms with E-state index in [2.05, 4.69) is 5.32 Å². The van der Waals surface area contributed by atoms with Crippen LogP contribution in [0.3, 0.4) is 0 Å². The summed E-state index contributed by atoms with van der Waals surface area (Å²) in [4.78, 5) is 12.1. The van der Waals surface area contributed by atoms with Gasteiger partial charge >= 0.3 is 0 Å². The summed E-state index contributed by atoms with van der Waals surface area (Å²) in [6, 6.07) is 6.99. The lowest BCUT2D eigenvalue weighted by molar-refractivity contribution is -0.119. The molecule has 0 aromatic heterocycles. The Morgan fingerprint density at radius 1 is 1.55 bits per heavy atom. The molecule has 0 aliphatic heterocycles. The predicted octanol–water partition coefficient (Wildman–Crippen LogP) is 2.02. The second-order valence-corrected chi connectivity index (χ2v) is 5.31. The molecule has 0 radical (unpaired) electrons. The van der Waals surface area contributed by atoms with Crippen molar-refractivity contribution in [1.29, 1.82) is 5.26 Å². The lowest BCUT2D eigenvalue weighted by Crippen LogP contribution is -2.40. The molecule has 1 aliphatic rings. The quantitative estimate of drug-likeness (QED) is 0.859. The first-order chi connectivity index (χ1) is 9.62. The fourth-order valence-corrected chi connectivity index (χ4v) is 2.53. The number of nitrogens with zero attached hydrogens (tertiary/aromatic N) is 1. The molecule has 0 spiro atoms. The molecule has 106 valence electrons. The molecule has 0 unspecified atom stereocenters. The zero-order chi connectivity index (χ0) is 14.6. The second kappa shape index (κ2) is 5.93. The Bertz CT molecular complexity index is 539. The highest BCUT2D eigenvalue weighted by Crippen LogP contribution is 2.43. The zero-order valence-electron chi connectivity index (χ0n) is 11.6. The van der Waals surface area contributed by atoms with Crippen molar-refractivity contribution in [2.75, 3.05) is 19.0 Å². The van der Waals surface area contributed by atoms with Crippen molar-refractivity contribution >= 4 is 11.6 Å². The normalized spacial score (nSPS) is 15.8. The van der Waals surface area contributed by atoms with Gasteiger partial charge in [-0.25, -0.2) is 0 Å². The van der Waals surface area contributed by atoms with Gasteiger partial charge in [-0.05, 0) is 36.9 Å². The average Bonchev–Trinajstić information content (AvgIpc) is 2.43. The summed E-state index contributed by atoms with van der Waals surface area (Å²) in [5, 5.41) is 11.7. The molecular weight excluding hydrogens is 254 g/mol. The van der Waals surface area contributed by atoms with Crippen LogP contribution in [0.2, 0.25) is 0 Å². The van der Waals surface area contributed by atoms with Crippen molar-refractivity contribution in [1.82, 2.24) is 0 Å². The summed E-state index contributed by atoms with van der Waals surface area (Å²) in [5.41, 5.74) is 6.82. The largest absolute Gasteiger partial charge is 0.495 e. The fraction of sp³-hybridized carbons (Fsp3) is 0.467. The molecule has 0 saturated heterocycles. The minimum absolute atomic E-state index is 0.0239. The summed E-state index contributed by atoms with van der Waals surface area (Å²) >= 11 is 0. The Kier molecular flexibility index (Phi) is 4.26. The summed E-state index contributed by atoms with van der Waals surface area (Å²) in [6.45, 7) is 0.547. The number of anilines is 1. The van der Waals surface area contributed by atoms with Gasteiger partial charge in [0.05, 0.1) is 24.4 Å². The molecule has 1 amide bonds. The molecule has 5 heteroatoms. The number of hydrogen-bond acceptors (Lipinski definition) is 4. The number of nitrogens with one attached hydrogen (secondary N) is 1.